The predicted molar refractivity (Wildman–Crippen MR) is 243 cm³/mol. The first-order valence-electron chi connectivity index (χ1n) is 19.4. The number of hydrogen-bond donors (Lipinski definition) is 0. The molecule has 13 aromatic rings. The van der Waals surface area contributed by atoms with Crippen molar-refractivity contribution in [3.05, 3.63) is 182 Å². The summed E-state index contributed by atoms with van der Waals surface area (Å²) in [5, 5.41) is 14.4. The van der Waals surface area contributed by atoms with Gasteiger partial charge in [0.2, 0.25) is 0 Å². The van der Waals surface area contributed by atoms with Gasteiger partial charge in [0, 0.05) is 47.1 Å². The molecule has 0 atom stereocenters. The Morgan fingerprint density at radius 3 is 1.58 bits per heavy atom. The van der Waals surface area contributed by atoms with Crippen molar-refractivity contribution in [3.63, 3.8) is 0 Å². The van der Waals surface area contributed by atoms with Gasteiger partial charge in [0.05, 0.1) is 0 Å². The van der Waals surface area contributed by atoms with Crippen molar-refractivity contribution in [2.75, 3.05) is 0 Å². The monoisotopic (exact) mass is 742 g/mol. The van der Waals surface area contributed by atoms with E-state index in [4.69, 9.17) is 8.83 Å². The topological polar surface area (TPSA) is 26.3 Å². The zero-order valence-corrected chi connectivity index (χ0v) is 31.4. The maximum Gasteiger partial charge on any atom is 0.143 e. The summed E-state index contributed by atoms with van der Waals surface area (Å²) in [7, 11) is 0. The van der Waals surface area contributed by atoms with E-state index < -0.39 is 0 Å². The Morgan fingerprint density at radius 2 is 0.825 bits per heavy atom. The standard InChI is InChI=1S/C54H30O2S/c1-3-12-39-37(10-1)50(38-11-2-4-13-40(38)51(39)35-24-28-49-44(30-35)36-9-6-8-16-48(36)57-49)33-20-17-31(18-21-33)34-22-19-32-23-25-42-53-47(56-54(42)43(32)29-34)27-26-46-52(53)41-14-5-7-15-45(41)55-46/h1-30H. The van der Waals surface area contributed by atoms with Crippen molar-refractivity contribution in [2.45, 2.75) is 0 Å². The molecule has 0 radical (unpaired) electrons. The highest BCUT2D eigenvalue weighted by molar-refractivity contribution is 7.25. The second kappa shape index (κ2) is 11.7. The molecule has 3 heterocycles. The Morgan fingerprint density at radius 1 is 0.298 bits per heavy atom. The maximum atomic E-state index is 6.68. The fourth-order valence-corrected chi connectivity index (χ4v) is 10.6. The zero-order chi connectivity index (χ0) is 37.2. The van der Waals surface area contributed by atoms with Gasteiger partial charge < -0.3 is 8.83 Å². The Bertz CT molecular complexity index is 3750. The summed E-state index contributed by atoms with van der Waals surface area (Å²) in [6.07, 6.45) is 0. The number of fused-ring (bicyclic) bond motifs is 14. The summed E-state index contributed by atoms with van der Waals surface area (Å²) >= 11 is 1.87. The molecule has 10 aromatic carbocycles. The lowest BCUT2D eigenvalue weighted by atomic mass is 9.85. The van der Waals surface area contributed by atoms with Gasteiger partial charge in [-0.25, -0.2) is 0 Å². The molecule has 264 valence electrons. The van der Waals surface area contributed by atoms with Gasteiger partial charge in [-0.3, -0.25) is 0 Å². The SMILES string of the molecule is c1ccc2c(c1)oc1ccc3oc4c5cc(-c6ccc(-c7c8ccccc8c(-c8ccc9sc%10ccccc%10c9c8)c8ccccc78)cc6)ccc5ccc4c3c12. The smallest absolute Gasteiger partial charge is 0.143 e. The molecule has 3 aromatic heterocycles. The summed E-state index contributed by atoms with van der Waals surface area (Å²) < 4.78 is 15.6. The first-order valence-corrected chi connectivity index (χ1v) is 20.2. The Hall–Kier alpha value is -7.20. The average molecular weight is 743 g/mol. The number of furan rings is 2. The van der Waals surface area contributed by atoms with Gasteiger partial charge in [0.15, 0.2) is 0 Å². The van der Waals surface area contributed by atoms with Crippen LogP contribution in [0.2, 0.25) is 0 Å². The number of benzene rings is 10. The van der Waals surface area contributed by atoms with Crippen LogP contribution in [0.15, 0.2) is 191 Å². The molecule has 13 rings (SSSR count). The molecule has 0 unspecified atom stereocenters. The lowest BCUT2D eigenvalue weighted by molar-refractivity contribution is 0.664. The van der Waals surface area contributed by atoms with Crippen molar-refractivity contribution in [2.24, 2.45) is 0 Å². The molecule has 0 spiro atoms. The van der Waals surface area contributed by atoms with Crippen molar-refractivity contribution in [1.82, 2.24) is 0 Å². The van der Waals surface area contributed by atoms with Crippen LogP contribution in [0.25, 0.3) is 130 Å². The highest BCUT2D eigenvalue weighted by Crippen LogP contribution is 2.46. The fourth-order valence-electron chi connectivity index (χ4n) is 9.50. The van der Waals surface area contributed by atoms with Crippen LogP contribution in [0, 0.1) is 0 Å². The first kappa shape index (κ1) is 31.1. The number of para-hydroxylation sites is 1. The molecule has 0 aliphatic carbocycles. The van der Waals surface area contributed by atoms with Gasteiger partial charge in [-0.15, -0.1) is 11.3 Å². The predicted octanol–water partition coefficient (Wildman–Crippen LogP) is 16.3. The van der Waals surface area contributed by atoms with Crippen molar-refractivity contribution < 1.29 is 8.83 Å². The summed E-state index contributed by atoms with van der Waals surface area (Å²) in [5.74, 6) is 0. The average Bonchev–Trinajstić information content (AvgIpc) is 3.96. The molecule has 0 bridgehead atoms. The van der Waals surface area contributed by atoms with Gasteiger partial charge in [0.25, 0.3) is 0 Å². The van der Waals surface area contributed by atoms with E-state index in [0.717, 1.165) is 60.2 Å². The summed E-state index contributed by atoms with van der Waals surface area (Å²) in [4.78, 5) is 0. The molecule has 0 saturated carbocycles. The van der Waals surface area contributed by atoms with Crippen LogP contribution in [0.5, 0.6) is 0 Å². The molecule has 2 nitrogen and oxygen atoms in total. The highest BCUT2D eigenvalue weighted by atomic mass is 32.1. The van der Waals surface area contributed by atoms with E-state index in [1.54, 1.807) is 0 Å². The van der Waals surface area contributed by atoms with Gasteiger partial charge in [-0.1, -0.05) is 133 Å². The van der Waals surface area contributed by atoms with Crippen LogP contribution in [0.1, 0.15) is 0 Å². The zero-order valence-electron chi connectivity index (χ0n) is 30.5. The second-order valence-electron chi connectivity index (χ2n) is 15.1. The second-order valence-corrected chi connectivity index (χ2v) is 16.2. The van der Waals surface area contributed by atoms with Gasteiger partial charge >= 0.3 is 0 Å². The van der Waals surface area contributed by atoms with E-state index in [0.29, 0.717) is 0 Å². The van der Waals surface area contributed by atoms with Gasteiger partial charge in [0.1, 0.15) is 22.3 Å². The van der Waals surface area contributed by atoms with E-state index >= 15 is 0 Å². The normalized spacial score (nSPS) is 12.2. The molecular weight excluding hydrogens is 713 g/mol. The van der Waals surface area contributed by atoms with E-state index in [1.165, 1.54) is 69.5 Å². The summed E-state index contributed by atoms with van der Waals surface area (Å²) in [6.45, 7) is 0. The minimum atomic E-state index is 0.872. The molecule has 0 saturated heterocycles. The number of hydrogen-bond acceptors (Lipinski definition) is 3. The third-order valence-corrected chi connectivity index (χ3v) is 13.2. The first-order chi connectivity index (χ1) is 28.2. The molecular formula is C54H30O2S. The Kier molecular flexibility index (Phi) is 6.35. The van der Waals surface area contributed by atoms with E-state index in [9.17, 15) is 0 Å². The minimum absolute atomic E-state index is 0.872. The van der Waals surface area contributed by atoms with Crippen LogP contribution in [0.3, 0.4) is 0 Å². The van der Waals surface area contributed by atoms with Crippen molar-refractivity contribution in [3.8, 4) is 33.4 Å². The largest absolute Gasteiger partial charge is 0.456 e. The lowest BCUT2D eigenvalue weighted by Crippen LogP contribution is -1.91. The van der Waals surface area contributed by atoms with Crippen LogP contribution < -0.4 is 0 Å². The van der Waals surface area contributed by atoms with E-state index in [2.05, 4.69) is 158 Å². The Labute approximate surface area is 330 Å². The van der Waals surface area contributed by atoms with Crippen LogP contribution in [0.4, 0.5) is 0 Å². The summed E-state index contributed by atoms with van der Waals surface area (Å²) in [5.41, 5.74) is 10.9. The molecule has 0 aliphatic heterocycles. The van der Waals surface area contributed by atoms with Crippen molar-refractivity contribution in [1.29, 1.82) is 0 Å². The lowest BCUT2D eigenvalue weighted by Gasteiger charge is -2.18. The molecule has 0 aliphatic rings. The number of rotatable bonds is 3. The van der Waals surface area contributed by atoms with Crippen molar-refractivity contribution >= 4 is 108 Å². The highest BCUT2D eigenvalue weighted by Gasteiger charge is 2.20. The van der Waals surface area contributed by atoms with E-state index in [1.807, 2.05) is 35.6 Å². The molecule has 0 amide bonds. The van der Waals surface area contributed by atoms with Crippen LogP contribution in [-0.4, -0.2) is 0 Å². The van der Waals surface area contributed by atoms with Gasteiger partial charge in [-0.2, -0.15) is 0 Å². The number of thiophene rings is 1. The molecule has 3 heteroatoms. The third-order valence-electron chi connectivity index (χ3n) is 12.1. The summed E-state index contributed by atoms with van der Waals surface area (Å²) in [6, 6.07) is 66.2. The van der Waals surface area contributed by atoms with E-state index in [-0.39, 0.29) is 0 Å². The quantitative estimate of drug-likeness (QED) is 0.169. The molecule has 0 N–H and O–H groups in total. The third kappa shape index (κ3) is 4.46. The van der Waals surface area contributed by atoms with Crippen LogP contribution in [-0.2, 0) is 0 Å². The molecule has 57 heavy (non-hydrogen) atoms. The fraction of sp³-hybridized carbons (Fsp3) is 0. The van der Waals surface area contributed by atoms with Crippen LogP contribution >= 0.6 is 11.3 Å². The minimum Gasteiger partial charge on any atom is -0.456 e. The maximum absolute atomic E-state index is 6.68. The van der Waals surface area contributed by atoms with Gasteiger partial charge in [-0.05, 0) is 109 Å². The molecule has 0 fully saturated rings. The Balaban J connectivity index is 0.959.